The largest absolute Gasteiger partial charge is 0.494 e. The molecule has 6 nitrogen and oxygen atoms in total. The molecule has 0 aliphatic carbocycles. The molecule has 1 aromatic carbocycles. The minimum Gasteiger partial charge on any atom is -0.494 e. The number of hydrogen-bond acceptors (Lipinski definition) is 4. The van der Waals surface area contributed by atoms with Crippen LogP contribution in [0.15, 0.2) is 23.0 Å². The van der Waals surface area contributed by atoms with Crippen LogP contribution < -0.4 is 10.4 Å². The second-order valence-corrected chi connectivity index (χ2v) is 6.55. The molecule has 1 N–H and O–H groups in total. The van der Waals surface area contributed by atoms with E-state index in [-0.39, 0.29) is 29.2 Å². The molecule has 2 rings (SSSR count). The third-order valence-corrected chi connectivity index (χ3v) is 3.22. The SMILES string of the molecule is COc1cc(-n2c(CC(=O)CC(C)(C)C)n[nH]c2=O)ccc1F. The van der Waals surface area contributed by atoms with Crippen molar-refractivity contribution < 1.29 is 13.9 Å². The standard InChI is InChI=1S/C16H20FN3O3/c1-16(2,3)9-11(21)8-14-18-19-15(22)20(14)10-5-6-12(17)13(7-10)23-4/h5-7H,8-9H2,1-4H3,(H,19,22). The number of aromatic nitrogens is 3. The molecule has 0 aliphatic heterocycles. The summed E-state index contributed by atoms with van der Waals surface area (Å²) in [4.78, 5) is 24.1. The highest BCUT2D eigenvalue weighted by atomic mass is 19.1. The summed E-state index contributed by atoms with van der Waals surface area (Å²) in [5.74, 6) is -0.245. The number of nitrogens with one attached hydrogen (secondary N) is 1. The van der Waals surface area contributed by atoms with Gasteiger partial charge in [-0.1, -0.05) is 20.8 Å². The van der Waals surface area contributed by atoms with Crippen molar-refractivity contribution in [3.63, 3.8) is 0 Å². The molecule has 1 heterocycles. The Balaban J connectivity index is 2.36. The predicted octanol–water partition coefficient (Wildman–Crippen LogP) is 2.26. The number of H-pyrrole nitrogens is 1. The average Bonchev–Trinajstić information content (AvgIpc) is 2.78. The Morgan fingerprint density at radius 3 is 2.70 bits per heavy atom. The number of rotatable bonds is 5. The minimum atomic E-state index is -0.529. The highest BCUT2D eigenvalue weighted by Crippen LogP contribution is 2.22. The van der Waals surface area contributed by atoms with E-state index in [9.17, 15) is 14.0 Å². The Labute approximate surface area is 133 Å². The second-order valence-electron chi connectivity index (χ2n) is 6.55. The molecule has 23 heavy (non-hydrogen) atoms. The van der Waals surface area contributed by atoms with Crippen LogP contribution in [0.2, 0.25) is 0 Å². The Hall–Kier alpha value is -2.44. The van der Waals surface area contributed by atoms with Crippen LogP contribution in [-0.2, 0) is 11.2 Å². The molecule has 2 aromatic rings. The van der Waals surface area contributed by atoms with Crippen LogP contribution in [0.4, 0.5) is 4.39 Å². The summed E-state index contributed by atoms with van der Waals surface area (Å²) in [7, 11) is 1.34. The number of carbonyl (C=O) groups is 1. The van der Waals surface area contributed by atoms with Gasteiger partial charge >= 0.3 is 5.69 Å². The van der Waals surface area contributed by atoms with Gasteiger partial charge in [-0.05, 0) is 17.5 Å². The van der Waals surface area contributed by atoms with Crippen molar-refractivity contribution >= 4 is 5.78 Å². The lowest BCUT2D eigenvalue weighted by Gasteiger charge is -2.16. The maximum absolute atomic E-state index is 13.5. The van der Waals surface area contributed by atoms with E-state index in [0.717, 1.165) is 0 Å². The third-order valence-electron chi connectivity index (χ3n) is 3.22. The summed E-state index contributed by atoms with van der Waals surface area (Å²) in [6.45, 7) is 5.90. The number of halogens is 1. The van der Waals surface area contributed by atoms with E-state index in [0.29, 0.717) is 12.1 Å². The first kappa shape index (κ1) is 16.9. The lowest BCUT2D eigenvalue weighted by atomic mass is 9.89. The number of ether oxygens (including phenoxy) is 1. The van der Waals surface area contributed by atoms with Gasteiger partial charge in [-0.2, -0.15) is 5.10 Å². The van der Waals surface area contributed by atoms with E-state index in [1.807, 2.05) is 20.8 Å². The lowest BCUT2D eigenvalue weighted by molar-refractivity contribution is -0.120. The van der Waals surface area contributed by atoms with Gasteiger partial charge in [0.2, 0.25) is 0 Å². The smallest absolute Gasteiger partial charge is 0.347 e. The fourth-order valence-corrected chi connectivity index (χ4v) is 2.33. The first-order valence-electron chi connectivity index (χ1n) is 7.23. The normalized spacial score (nSPS) is 11.5. The van der Waals surface area contributed by atoms with Gasteiger partial charge in [-0.3, -0.25) is 4.79 Å². The summed E-state index contributed by atoms with van der Waals surface area (Å²) < 4.78 is 19.7. The summed E-state index contributed by atoms with van der Waals surface area (Å²) in [5, 5.41) is 6.24. The van der Waals surface area contributed by atoms with Crippen LogP contribution in [0.25, 0.3) is 5.69 Å². The first-order valence-corrected chi connectivity index (χ1v) is 7.23. The molecule has 0 saturated carbocycles. The fourth-order valence-electron chi connectivity index (χ4n) is 2.33. The van der Waals surface area contributed by atoms with Crippen LogP contribution in [0.3, 0.4) is 0 Å². The fraction of sp³-hybridized carbons (Fsp3) is 0.438. The number of benzene rings is 1. The molecular weight excluding hydrogens is 301 g/mol. The highest BCUT2D eigenvalue weighted by Gasteiger charge is 2.20. The molecule has 0 bridgehead atoms. The number of ketones is 1. The number of hydrogen-bond donors (Lipinski definition) is 1. The molecule has 0 radical (unpaired) electrons. The molecule has 0 saturated heterocycles. The van der Waals surface area contributed by atoms with E-state index in [1.165, 1.54) is 29.9 Å². The maximum Gasteiger partial charge on any atom is 0.347 e. The summed E-state index contributed by atoms with van der Waals surface area (Å²) >= 11 is 0. The number of methoxy groups -OCH3 is 1. The van der Waals surface area contributed by atoms with Crippen molar-refractivity contribution in [1.29, 1.82) is 0 Å². The zero-order valence-corrected chi connectivity index (χ0v) is 13.6. The number of aromatic amines is 1. The van der Waals surface area contributed by atoms with Gasteiger partial charge in [0.15, 0.2) is 11.6 Å². The predicted molar refractivity (Wildman–Crippen MR) is 83.5 cm³/mol. The van der Waals surface area contributed by atoms with E-state index in [1.54, 1.807) is 0 Å². The van der Waals surface area contributed by atoms with Crippen LogP contribution in [0, 0.1) is 11.2 Å². The van der Waals surface area contributed by atoms with Gasteiger partial charge in [0.05, 0.1) is 19.2 Å². The van der Waals surface area contributed by atoms with Gasteiger partial charge in [0, 0.05) is 12.5 Å². The molecule has 1 aromatic heterocycles. The summed E-state index contributed by atoms with van der Waals surface area (Å²) in [5.41, 5.74) is -0.241. The van der Waals surface area contributed by atoms with Crippen molar-refractivity contribution in [2.24, 2.45) is 5.41 Å². The van der Waals surface area contributed by atoms with Crippen LogP contribution in [0.5, 0.6) is 5.75 Å². The molecule has 0 spiro atoms. The molecule has 7 heteroatoms. The zero-order valence-electron chi connectivity index (χ0n) is 13.6. The average molecular weight is 321 g/mol. The molecular formula is C16H20FN3O3. The number of Topliss-reactive ketones (excluding diaryl/α,β-unsaturated/α-hetero) is 1. The number of carbonyl (C=O) groups excluding carboxylic acids is 1. The molecule has 0 unspecified atom stereocenters. The van der Waals surface area contributed by atoms with E-state index >= 15 is 0 Å². The quantitative estimate of drug-likeness (QED) is 0.916. The van der Waals surface area contributed by atoms with Crippen molar-refractivity contribution in [3.05, 3.63) is 40.3 Å². The lowest BCUT2D eigenvalue weighted by Crippen LogP contribution is -2.20. The Morgan fingerprint density at radius 1 is 1.39 bits per heavy atom. The van der Waals surface area contributed by atoms with E-state index in [2.05, 4.69) is 10.2 Å². The Kier molecular flexibility index (Phi) is 4.68. The van der Waals surface area contributed by atoms with Crippen LogP contribution in [0.1, 0.15) is 33.0 Å². The maximum atomic E-state index is 13.5. The van der Waals surface area contributed by atoms with Crippen molar-refractivity contribution in [2.75, 3.05) is 7.11 Å². The van der Waals surface area contributed by atoms with Crippen molar-refractivity contribution in [2.45, 2.75) is 33.6 Å². The zero-order chi connectivity index (χ0) is 17.2. The van der Waals surface area contributed by atoms with Crippen LogP contribution >= 0.6 is 0 Å². The van der Waals surface area contributed by atoms with E-state index < -0.39 is 11.5 Å². The third kappa shape index (κ3) is 4.06. The van der Waals surface area contributed by atoms with Crippen molar-refractivity contribution in [1.82, 2.24) is 14.8 Å². The van der Waals surface area contributed by atoms with Gasteiger partial charge in [-0.15, -0.1) is 0 Å². The summed E-state index contributed by atoms with van der Waals surface area (Å²) in [6, 6.07) is 4.03. The molecule has 0 amide bonds. The molecule has 0 fully saturated rings. The van der Waals surface area contributed by atoms with Gasteiger partial charge in [0.25, 0.3) is 0 Å². The van der Waals surface area contributed by atoms with Gasteiger partial charge < -0.3 is 4.74 Å². The molecule has 0 aliphatic rings. The Bertz CT molecular complexity index is 772. The van der Waals surface area contributed by atoms with E-state index in [4.69, 9.17) is 4.74 Å². The van der Waals surface area contributed by atoms with Gasteiger partial charge in [-0.25, -0.2) is 18.9 Å². The van der Waals surface area contributed by atoms with Crippen LogP contribution in [-0.4, -0.2) is 27.7 Å². The first-order chi connectivity index (χ1) is 10.7. The topological polar surface area (TPSA) is 77.0 Å². The number of nitrogens with zero attached hydrogens (tertiary/aromatic N) is 2. The Morgan fingerprint density at radius 2 is 2.09 bits per heavy atom. The molecule has 0 atom stereocenters. The monoisotopic (exact) mass is 321 g/mol. The van der Waals surface area contributed by atoms with Gasteiger partial charge in [0.1, 0.15) is 11.6 Å². The molecule has 124 valence electrons. The highest BCUT2D eigenvalue weighted by molar-refractivity contribution is 5.80. The minimum absolute atomic E-state index is 0.0163. The second kappa shape index (κ2) is 6.36. The summed E-state index contributed by atoms with van der Waals surface area (Å²) in [6.07, 6.45) is 0.399. The van der Waals surface area contributed by atoms with Crippen molar-refractivity contribution in [3.8, 4) is 11.4 Å².